The first-order valence-electron chi connectivity index (χ1n) is 8.28. The van der Waals surface area contributed by atoms with Crippen LogP contribution in [0.15, 0.2) is 0 Å². The average Bonchev–Trinajstić information content (AvgIpc) is 2.43. The number of amides is 1. The van der Waals surface area contributed by atoms with Crippen LogP contribution >= 0.6 is 0 Å². The quantitative estimate of drug-likeness (QED) is 0.694. The van der Waals surface area contributed by atoms with E-state index in [1.807, 2.05) is 46.4 Å². The highest BCUT2D eigenvalue weighted by atomic mass is 16.2. The van der Waals surface area contributed by atoms with Crippen LogP contribution in [0, 0.1) is 22.7 Å². The molecule has 1 spiro atoms. The van der Waals surface area contributed by atoms with E-state index < -0.39 is 0 Å². The highest BCUT2D eigenvalue weighted by Gasteiger charge is 2.48. The molecule has 1 amide bonds. The summed E-state index contributed by atoms with van der Waals surface area (Å²) in [5, 5.41) is 0. The minimum absolute atomic E-state index is 0.237. The summed E-state index contributed by atoms with van der Waals surface area (Å²) in [6.45, 7) is 17.0. The average molecular weight is 292 g/mol. The molecular formula is C18H32N2O. The molecule has 21 heavy (non-hydrogen) atoms. The molecule has 2 fully saturated rings. The van der Waals surface area contributed by atoms with E-state index in [0.29, 0.717) is 11.3 Å². The summed E-state index contributed by atoms with van der Waals surface area (Å²) in [7, 11) is 0. The normalized spacial score (nSPS) is 20.8. The minimum Gasteiger partial charge on any atom is -0.341 e. The summed E-state index contributed by atoms with van der Waals surface area (Å²) in [4.78, 5) is 16.6. The standard InChI is InChI=1S/C16H26N2O.C2H6/c1-5-6-9-17-10-7-16(8-11-17)12-18(13-16)14(19)15(2,3)4;1-2/h7-13H2,1-4H3;1-2H3. The second kappa shape index (κ2) is 7.31. The Hall–Kier alpha value is -1.01. The number of rotatable bonds is 1. The maximum atomic E-state index is 12.2. The van der Waals surface area contributed by atoms with Crippen LogP contribution in [0.25, 0.3) is 0 Å². The molecule has 3 heteroatoms. The molecule has 2 saturated heterocycles. The smallest absolute Gasteiger partial charge is 0.227 e. The first-order chi connectivity index (χ1) is 9.86. The van der Waals surface area contributed by atoms with Crippen molar-refractivity contribution in [2.45, 2.75) is 54.4 Å². The van der Waals surface area contributed by atoms with Crippen LogP contribution in [0.5, 0.6) is 0 Å². The van der Waals surface area contributed by atoms with Gasteiger partial charge in [-0.05, 0) is 32.9 Å². The SMILES string of the molecule is CC.CC#CCN1CCC2(CC1)CN(C(=O)C(C)(C)C)C2. The van der Waals surface area contributed by atoms with Crippen LogP contribution in [-0.2, 0) is 4.79 Å². The van der Waals surface area contributed by atoms with Crippen LogP contribution in [-0.4, -0.2) is 48.4 Å². The molecule has 0 N–H and O–H groups in total. The van der Waals surface area contributed by atoms with Gasteiger partial charge in [-0.15, -0.1) is 5.92 Å². The van der Waals surface area contributed by atoms with E-state index in [9.17, 15) is 4.79 Å². The third-order valence-corrected chi connectivity index (χ3v) is 4.38. The summed E-state index contributed by atoms with van der Waals surface area (Å²) in [6, 6.07) is 0. The lowest BCUT2D eigenvalue weighted by molar-refractivity contribution is -0.155. The summed E-state index contributed by atoms with van der Waals surface area (Å²) in [5.74, 6) is 6.40. The number of piperidine rings is 1. The van der Waals surface area contributed by atoms with Crippen LogP contribution in [0.3, 0.4) is 0 Å². The van der Waals surface area contributed by atoms with Crippen molar-refractivity contribution in [3.05, 3.63) is 0 Å². The lowest BCUT2D eigenvalue weighted by Crippen LogP contribution is -2.63. The maximum Gasteiger partial charge on any atom is 0.227 e. The number of nitrogens with zero attached hydrogens (tertiary/aromatic N) is 2. The van der Waals surface area contributed by atoms with Crippen molar-refractivity contribution >= 4 is 5.91 Å². The van der Waals surface area contributed by atoms with Crippen molar-refractivity contribution in [3.63, 3.8) is 0 Å². The van der Waals surface area contributed by atoms with E-state index in [4.69, 9.17) is 0 Å². The van der Waals surface area contributed by atoms with E-state index in [0.717, 1.165) is 32.7 Å². The van der Waals surface area contributed by atoms with E-state index in [1.165, 1.54) is 12.8 Å². The predicted octanol–water partition coefficient (Wildman–Crippen LogP) is 3.01. The molecule has 0 radical (unpaired) electrons. The molecule has 2 aliphatic rings. The Labute approximate surface area is 131 Å². The van der Waals surface area contributed by atoms with Gasteiger partial charge in [0, 0.05) is 23.9 Å². The van der Waals surface area contributed by atoms with Gasteiger partial charge in [0.1, 0.15) is 0 Å². The zero-order valence-electron chi connectivity index (χ0n) is 14.8. The highest BCUT2D eigenvalue weighted by molar-refractivity contribution is 5.82. The molecule has 2 rings (SSSR count). The van der Waals surface area contributed by atoms with E-state index in [2.05, 4.69) is 16.7 Å². The van der Waals surface area contributed by atoms with Gasteiger partial charge in [0.05, 0.1) is 6.54 Å². The van der Waals surface area contributed by atoms with E-state index in [1.54, 1.807) is 0 Å². The Morgan fingerprint density at radius 3 is 2.10 bits per heavy atom. The van der Waals surface area contributed by atoms with Gasteiger partial charge >= 0.3 is 0 Å². The number of hydrogen-bond acceptors (Lipinski definition) is 2. The van der Waals surface area contributed by atoms with Crippen LogP contribution in [0.4, 0.5) is 0 Å². The Kier molecular flexibility index (Phi) is 6.28. The lowest BCUT2D eigenvalue weighted by atomic mass is 9.71. The largest absolute Gasteiger partial charge is 0.341 e. The summed E-state index contributed by atoms with van der Waals surface area (Å²) in [6.07, 6.45) is 2.43. The van der Waals surface area contributed by atoms with Crippen LogP contribution < -0.4 is 0 Å². The van der Waals surface area contributed by atoms with Gasteiger partial charge in [-0.2, -0.15) is 0 Å². The van der Waals surface area contributed by atoms with E-state index in [-0.39, 0.29) is 5.41 Å². The van der Waals surface area contributed by atoms with Gasteiger partial charge < -0.3 is 4.90 Å². The molecule has 0 bridgehead atoms. The Morgan fingerprint density at radius 2 is 1.67 bits per heavy atom. The lowest BCUT2D eigenvalue weighted by Gasteiger charge is -2.55. The monoisotopic (exact) mass is 292 g/mol. The molecule has 2 heterocycles. The number of carbonyl (C=O) groups is 1. The van der Waals surface area contributed by atoms with Gasteiger partial charge in [-0.25, -0.2) is 0 Å². The maximum absolute atomic E-state index is 12.2. The van der Waals surface area contributed by atoms with Crippen molar-refractivity contribution in [1.29, 1.82) is 0 Å². The molecule has 120 valence electrons. The number of likely N-dealkylation sites (tertiary alicyclic amines) is 2. The summed E-state index contributed by atoms with van der Waals surface area (Å²) < 4.78 is 0. The van der Waals surface area contributed by atoms with Crippen molar-refractivity contribution < 1.29 is 4.79 Å². The first kappa shape index (κ1) is 18.0. The Bertz CT molecular complexity index is 395. The van der Waals surface area contributed by atoms with Crippen LogP contribution in [0.1, 0.15) is 54.4 Å². The zero-order chi connectivity index (χ0) is 16.1. The molecule has 0 unspecified atom stereocenters. The molecule has 0 aromatic rings. The summed E-state index contributed by atoms with van der Waals surface area (Å²) >= 11 is 0. The fraction of sp³-hybridized carbons (Fsp3) is 0.833. The third-order valence-electron chi connectivity index (χ3n) is 4.38. The van der Waals surface area contributed by atoms with Crippen LogP contribution in [0.2, 0.25) is 0 Å². The molecule has 0 saturated carbocycles. The second-order valence-electron chi connectivity index (χ2n) is 7.11. The molecular weight excluding hydrogens is 260 g/mol. The van der Waals surface area contributed by atoms with Gasteiger partial charge in [0.15, 0.2) is 0 Å². The highest BCUT2D eigenvalue weighted by Crippen LogP contribution is 2.41. The third kappa shape index (κ3) is 4.48. The number of carbonyl (C=O) groups excluding carboxylic acids is 1. The molecule has 0 aromatic carbocycles. The fourth-order valence-corrected chi connectivity index (χ4v) is 3.07. The molecule has 0 atom stereocenters. The minimum atomic E-state index is -0.237. The number of hydrogen-bond donors (Lipinski definition) is 0. The Balaban J connectivity index is 0.00000106. The molecule has 3 nitrogen and oxygen atoms in total. The zero-order valence-corrected chi connectivity index (χ0v) is 14.8. The van der Waals surface area contributed by atoms with Crippen molar-refractivity contribution in [3.8, 4) is 11.8 Å². The van der Waals surface area contributed by atoms with E-state index >= 15 is 0 Å². The molecule has 2 aliphatic heterocycles. The topological polar surface area (TPSA) is 23.6 Å². The molecule has 0 aliphatic carbocycles. The van der Waals surface area contributed by atoms with Crippen molar-refractivity contribution in [2.24, 2.45) is 10.8 Å². The second-order valence-corrected chi connectivity index (χ2v) is 7.11. The predicted molar refractivity (Wildman–Crippen MR) is 88.9 cm³/mol. The van der Waals surface area contributed by atoms with Gasteiger partial charge in [0.2, 0.25) is 5.91 Å². The Morgan fingerprint density at radius 1 is 1.14 bits per heavy atom. The van der Waals surface area contributed by atoms with Gasteiger partial charge in [-0.1, -0.05) is 40.5 Å². The van der Waals surface area contributed by atoms with Gasteiger partial charge in [0.25, 0.3) is 0 Å². The molecule has 0 aromatic heterocycles. The summed E-state index contributed by atoms with van der Waals surface area (Å²) in [5.41, 5.74) is 0.177. The van der Waals surface area contributed by atoms with Crippen molar-refractivity contribution in [2.75, 3.05) is 32.7 Å². The first-order valence-corrected chi connectivity index (χ1v) is 8.28. The van der Waals surface area contributed by atoms with Gasteiger partial charge in [-0.3, -0.25) is 9.69 Å². The van der Waals surface area contributed by atoms with Crippen molar-refractivity contribution in [1.82, 2.24) is 9.80 Å². The fourth-order valence-electron chi connectivity index (χ4n) is 3.07.